The highest BCUT2D eigenvalue weighted by molar-refractivity contribution is 5.63. The zero-order valence-electron chi connectivity index (χ0n) is 28.5. The number of carbonyl (C=O) groups is 1. The van der Waals surface area contributed by atoms with Crippen LogP contribution in [-0.2, 0) is 22.4 Å². The van der Waals surface area contributed by atoms with Gasteiger partial charge in [0.05, 0.1) is 13.2 Å². The van der Waals surface area contributed by atoms with Crippen LogP contribution >= 0.6 is 0 Å². The normalized spacial score (nSPS) is 10.3. The molecule has 44 heavy (non-hydrogen) atoms. The van der Waals surface area contributed by atoms with Gasteiger partial charge in [-0.3, -0.25) is 0 Å². The van der Waals surface area contributed by atoms with Crippen molar-refractivity contribution in [2.24, 2.45) is 0 Å². The van der Waals surface area contributed by atoms with Crippen LogP contribution in [0.2, 0.25) is 0 Å². The molecule has 0 saturated heterocycles. The molecule has 0 fully saturated rings. The number of benzene rings is 3. The number of ether oxygens (including phenoxy) is 1. The number of carbonyl (C=O) groups excluding carboxylic acids is 1. The van der Waals surface area contributed by atoms with Crippen molar-refractivity contribution in [1.29, 1.82) is 0 Å². The van der Waals surface area contributed by atoms with Gasteiger partial charge in [-0.25, -0.2) is 0 Å². The van der Waals surface area contributed by atoms with Crippen molar-refractivity contribution in [2.75, 3.05) is 19.7 Å². The van der Waals surface area contributed by atoms with Gasteiger partial charge in [-0.15, -0.1) is 0 Å². The molecule has 0 spiro atoms. The molecule has 0 unspecified atom stereocenters. The van der Waals surface area contributed by atoms with Gasteiger partial charge in [-0.05, 0) is 74.9 Å². The Morgan fingerprint density at radius 2 is 1.45 bits per heavy atom. The number of hydrogen-bond acceptors (Lipinski definition) is 3. The number of allylic oxidation sites excluding steroid dienone is 2. The minimum atomic E-state index is 0.470. The van der Waals surface area contributed by atoms with Crippen molar-refractivity contribution in [1.82, 2.24) is 4.90 Å². The van der Waals surface area contributed by atoms with Gasteiger partial charge in [0.1, 0.15) is 12.0 Å². The molecule has 0 amide bonds. The standard InChI is InChI=1S/C14H20O.C11H16.C9H10.C7H13NO/c1-4-9-14(15-6-3)13-11-8-7-10-12(13)5-2;1-2-3-5-8-11-9-6-4-7-10-11;1-2-6-9-7-4-3-5-8-9;1-3-5-8(4-2)6-7-9/h7-11H,4-6H2,1-3H3;4,6-7,9-10H,2-3,5,8H2,1H3;2-8H,1H3;4,7H,2-3,5-6H2,1H3/b;;6-2+;. The highest BCUT2D eigenvalue weighted by Crippen LogP contribution is 2.21. The van der Waals surface area contributed by atoms with Crippen LogP contribution in [0.3, 0.4) is 0 Å². The Morgan fingerprint density at radius 3 is 1.98 bits per heavy atom. The Bertz CT molecular complexity index is 1140. The maximum Gasteiger partial charge on any atom is 0.139 e. The van der Waals surface area contributed by atoms with Crippen molar-refractivity contribution in [3.8, 4) is 0 Å². The third-order valence-electron chi connectivity index (χ3n) is 6.50. The molecule has 3 aromatic carbocycles. The summed E-state index contributed by atoms with van der Waals surface area (Å²) >= 11 is 0. The molecule has 3 rings (SSSR count). The van der Waals surface area contributed by atoms with Gasteiger partial charge in [0.15, 0.2) is 0 Å². The highest BCUT2D eigenvalue weighted by Gasteiger charge is 2.05. The Balaban J connectivity index is 0.000000575. The second-order valence-corrected chi connectivity index (χ2v) is 10.1. The van der Waals surface area contributed by atoms with Gasteiger partial charge in [0.2, 0.25) is 0 Å². The number of rotatable bonds is 15. The molecule has 0 aliphatic heterocycles. The van der Waals surface area contributed by atoms with Gasteiger partial charge in [-0.2, -0.15) is 0 Å². The lowest BCUT2D eigenvalue weighted by Crippen LogP contribution is -2.19. The van der Waals surface area contributed by atoms with E-state index in [0.717, 1.165) is 44.5 Å². The predicted octanol–water partition coefficient (Wildman–Crippen LogP) is 11.2. The minimum Gasteiger partial charge on any atom is -0.494 e. The van der Waals surface area contributed by atoms with Gasteiger partial charge in [-0.1, -0.05) is 144 Å². The molecule has 3 aromatic rings. The van der Waals surface area contributed by atoms with Crippen LogP contribution in [0.5, 0.6) is 0 Å². The summed E-state index contributed by atoms with van der Waals surface area (Å²) in [4.78, 5) is 11.8. The lowest BCUT2D eigenvalue weighted by atomic mass is 10.0. The van der Waals surface area contributed by atoms with Crippen molar-refractivity contribution in [3.05, 3.63) is 132 Å². The Kier molecular flexibility index (Phi) is 26.7. The fourth-order valence-electron chi connectivity index (χ4n) is 4.28. The topological polar surface area (TPSA) is 29.5 Å². The van der Waals surface area contributed by atoms with E-state index in [0.29, 0.717) is 6.54 Å². The van der Waals surface area contributed by atoms with E-state index < -0.39 is 0 Å². The Labute approximate surface area is 270 Å². The van der Waals surface area contributed by atoms with Crippen LogP contribution in [0.4, 0.5) is 0 Å². The Hall–Kier alpha value is -3.85. The van der Waals surface area contributed by atoms with Crippen molar-refractivity contribution < 1.29 is 9.53 Å². The molecule has 0 bridgehead atoms. The van der Waals surface area contributed by atoms with Gasteiger partial charge in [0.25, 0.3) is 0 Å². The van der Waals surface area contributed by atoms with E-state index in [1.807, 2.05) is 43.0 Å². The van der Waals surface area contributed by atoms with Gasteiger partial charge >= 0.3 is 0 Å². The maximum atomic E-state index is 9.96. The summed E-state index contributed by atoms with van der Waals surface area (Å²) in [6.07, 6.45) is 17.2. The van der Waals surface area contributed by atoms with Crippen LogP contribution in [0.25, 0.3) is 11.8 Å². The SMILES string of the molecule is C/C=C/c1ccccc1.C=CN(CC=O)CCC.CCC=C(OCC)c1ccccc1CC.CCCCCc1ccccc1. The fourth-order valence-corrected chi connectivity index (χ4v) is 4.28. The summed E-state index contributed by atoms with van der Waals surface area (Å²) in [7, 11) is 0. The molecule has 0 heterocycles. The zero-order valence-corrected chi connectivity index (χ0v) is 28.5. The van der Waals surface area contributed by atoms with E-state index in [1.54, 1.807) is 6.20 Å². The summed E-state index contributed by atoms with van der Waals surface area (Å²) in [5.74, 6) is 1.03. The molecule has 0 N–H and O–H groups in total. The lowest BCUT2D eigenvalue weighted by Gasteiger charge is -2.14. The third-order valence-corrected chi connectivity index (χ3v) is 6.50. The van der Waals surface area contributed by atoms with E-state index in [1.165, 1.54) is 47.9 Å². The van der Waals surface area contributed by atoms with Crippen LogP contribution in [0.15, 0.2) is 110 Å². The molecule has 0 atom stereocenters. The van der Waals surface area contributed by atoms with Crippen molar-refractivity contribution in [2.45, 2.75) is 86.5 Å². The summed E-state index contributed by atoms with van der Waals surface area (Å²) in [6.45, 7) is 18.3. The first kappa shape index (κ1) is 40.1. The van der Waals surface area contributed by atoms with Gasteiger partial charge < -0.3 is 14.4 Å². The molecule has 0 saturated carbocycles. The monoisotopic (exact) mass is 597 g/mol. The van der Waals surface area contributed by atoms with Gasteiger partial charge in [0, 0.05) is 12.1 Å². The maximum absolute atomic E-state index is 9.96. The Morgan fingerprint density at radius 1 is 0.818 bits per heavy atom. The number of unbranched alkanes of at least 4 members (excludes halogenated alkanes) is 2. The minimum absolute atomic E-state index is 0.470. The molecule has 0 aliphatic carbocycles. The second kappa shape index (κ2) is 29.2. The largest absolute Gasteiger partial charge is 0.494 e. The van der Waals surface area contributed by atoms with Crippen molar-refractivity contribution >= 4 is 18.1 Å². The predicted molar refractivity (Wildman–Crippen MR) is 195 cm³/mol. The van der Waals surface area contributed by atoms with Crippen LogP contribution in [0.1, 0.15) is 95.9 Å². The summed E-state index contributed by atoms with van der Waals surface area (Å²) in [6, 6.07) is 29.4. The fraction of sp³-hybridized carbons (Fsp3) is 0.390. The smallest absolute Gasteiger partial charge is 0.139 e. The van der Waals surface area contributed by atoms with E-state index >= 15 is 0 Å². The molecule has 0 aliphatic rings. The summed E-state index contributed by atoms with van der Waals surface area (Å²) < 4.78 is 5.67. The number of hydrogen-bond donors (Lipinski definition) is 0. The summed E-state index contributed by atoms with van der Waals surface area (Å²) in [5.41, 5.74) is 5.33. The average molecular weight is 598 g/mol. The van der Waals surface area contributed by atoms with E-state index in [4.69, 9.17) is 4.74 Å². The molecule has 3 heteroatoms. The van der Waals surface area contributed by atoms with E-state index in [9.17, 15) is 4.79 Å². The first-order valence-corrected chi connectivity index (χ1v) is 16.5. The highest BCUT2D eigenvalue weighted by atomic mass is 16.5. The average Bonchev–Trinajstić information content (AvgIpc) is 3.07. The molecular formula is C41H59NO2. The molecular weight excluding hydrogens is 538 g/mol. The number of aryl methyl sites for hydroxylation is 2. The molecule has 0 radical (unpaired) electrons. The van der Waals surface area contributed by atoms with Crippen LogP contribution < -0.4 is 0 Å². The van der Waals surface area contributed by atoms with E-state index in [-0.39, 0.29) is 0 Å². The number of aldehydes is 1. The first-order valence-electron chi connectivity index (χ1n) is 16.5. The van der Waals surface area contributed by atoms with E-state index in [2.05, 4.69) is 113 Å². The van der Waals surface area contributed by atoms with Crippen LogP contribution in [-0.4, -0.2) is 30.9 Å². The first-order chi connectivity index (χ1) is 21.5. The lowest BCUT2D eigenvalue weighted by molar-refractivity contribution is -0.108. The third kappa shape index (κ3) is 20.1. The quantitative estimate of drug-likeness (QED) is 0.0991. The second-order valence-electron chi connectivity index (χ2n) is 10.1. The van der Waals surface area contributed by atoms with Crippen molar-refractivity contribution in [3.63, 3.8) is 0 Å². The van der Waals surface area contributed by atoms with Crippen LogP contribution in [0, 0.1) is 0 Å². The summed E-state index contributed by atoms with van der Waals surface area (Å²) in [5, 5.41) is 0. The molecule has 0 aromatic heterocycles. The zero-order chi connectivity index (χ0) is 32.7. The number of nitrogens with zero attached hydrogens (tertiary/aromatic N) is 1. The molecule has 3 nitrogen and oxygen atoms in total. The molecule has 240 valence electrons.